The second-order valence-corrected chi connectivity index (χ2v) is 9.74. The van der Waals surface area contributed by atoms with Crippen molar-refractivity contribution in [3.63, 3.8) is 0 Å². The van der Waals surface area contributed by atoms with Crippen LogP contribution in [0, 0.1) is 0 Å². The van der Waals surface area contributed by atoms with Crippen molar-refractivity contribution in [2.24, 2.45) is 0 Å². The van der Waals surface area contributed by atoms with Crippen LogP contribution in [0.15, 0.2) is 138 Å². The van der Waals surface area contributed by atoms with Gasteiger partial charge in [0.25, 0.3) is 0 Å². The highest BCUT2D eigenvalue weighted by Gasteiger charge is 2.17. The molecule has 0 radical (unpaired) electrons. The Balaban J connectivity index is 1.37. The largest absolute Gasteiger partial charge is 0.464 e. The first kappa shape index (κ1) is 22.4. The van der Waals surface area contributed by atoms with Crippen molar-refractivity contribution >= 4 is 32.8 Å². The fraction of sp³-hybridized carbons (Fsp3) is 0. The van der Waals surface area contributed by atoms with E-state index in [4.69, 9.17) is 19.4 Å². The van der Waals surface area contributed by atoms with E-state index in [2.05, 4.69) is 59.2 Å². The van der Waals surface area contributed by atoms with Gasteiger partial charge in [-0.25, -0.2) is 15.0 Å². The SMILES string of the molecule is c1ccc(-c2nc(-c3ccccc3)nc(-c3cccc(-n4c5ccccc5c5ccc6occc6c54)c3)n2)cc1. The molecule has 40 heavy (non-hydrogen) atoms. The number of furan rings is 1. The molecular weight excluding hydrogens is 492 g/mol. The van der Waals surface area contributed by atoms with Crippen LogP contribution in [0.1, 0.15) is 0 Å². The van der Waals surface area contributed by atoms with Crippen molar-refractivity contribution in [1.82, 2.24) is 19.5 Å². The molecule has 3 heterocycles. The molecule has 0 spiro atoms. The third-order valence-corrected chi connectivity index (χ3v) is 7.33. The number of benzene rings is 5. The first-order chi connectivity index (χ1) is 19.8. The zero-order chi connectivity index (χ0) is 26.5. The summed E-state index contributed by atoms with van der Waals surface area (Å²) in [5.41, 5.74) is 6.96. The maximum Gasteiger partial charge on any atom is 0.164 e. The van der Waals surface area contributed by atoms with Crippen LogP contribution in [0.4, 0.5) is 0 Å². The van der Waals surface area contributed by atoms with Gasteiger partial charge >= 0.3 is 0 Å². The molecule has 8 aromatic rings. The van der Waals surface area contributed by atoms with Crippen LogP contribution in [0.5, 0.6) is 0 Å². The van der Waals surface area contributed by atoms with Gasteiger partial charge in [0, 0.05) is 38.5 Å². The standard InChI is InChI=1S/C35H22N4O/c1-3-10-23(11-4-1)33-36-34(24-12-5-2-6-13-24)38-35(37-33)25-14-9-15-26(22-25)39-30-17-8-7-16-27(30)28-18-19-31-29(32(28)39)20-21-40-31/h1-22H. The third-order valence-electron chi connectivity index (χ3n) is 7.33. The molecule has 5 heteroatoms. The number of para-hydroxylation sites is 1. The van der Waals surface area contributed by atoms with Crippen LogP contribution in [0.25, 0.3) is 72.6 Å². The number of hydrogen-bond acceptors (Lipinski definition) is 4. The summed E-state index contributed by atoms with van der Waals surface area (Å²) >= 11 is 0. The number of rotatable bonds is 4. The fourth-order valence-corrected chi connectivity index (χ4v) is 5.49. The summed E-state index contributed by atoms with van der Waals surface area (Å²) in [7, 11) is 0. The lowest BCUT2D eigenvalue weighted by Crippen LogP contribution is -2.01. The summed E-state index contributed by atoms with van der Waals surface area (Å²) in [5.74, 6) is 1.92. The highest BCUT2D eigenvalue weighted by Crippen LogP contribution is 2.37. The van der Waals surface area contributed by atoms with Gasteiger partial charge in [-0.2, -0.15) is 0 Å². The van der Waals surface area contributed by atoms with Crippen LogP contribution in [-0.4, -0.2) is 19.5 Å². The number of aromatic nitrogens is 4. The van der Waals surface area contributed by atoms with Crippen LogP contribution < -0.4 is 0 Å². The average molecular weight is 515 g/mol. The zero-order valence-electron chi connectivity index (χ0n) is 21.4. The predicted molar refractivity (Wildman–Crippen MR) is 160 cm³/mol. The number of hydrogen-bond donors (Lipinski definition) is 0. The minimum atomic E-state index is 0.629. The smallest absolute Gasteiger partial charge is 0.164 e. The van der Waals surface area contributed by atoms with Crippen molar-refractivity contribution in [2.45, 2.75) is 0 Å². The summed E-state index contributed by atoms with van der Waals surface area (Å²) in [4.78, 5) is 14.7. The molecule has 0 saturated carbocycles. The lowest BCUT2D eigenvalue weighted by Gasteiger charge is -2.12. The van der Waals surface area contributed by atoms with Crippen LogP contribution in [0.3, 0.4) is 0 Å². The Morgan fingerprint density at radius 2 is 1.10 bits per heavy atom. The van der Waals surface area contributed by atoms with Gasteiger partial charge < -0.3 is 8.98 Å². The Labute approximate surface area is 230 Å². The Morgan fingerprint density at radius 3 is 1.82 bits per heavy atom. The number of nitrogens with zero attached hydrogens (tertiary/aromatic N) is 4. The summed E-state index contributed by atoms with van der Waals surface area (Å²) < 4.78 is 8.09. The summed E-state index contributed by atoms with van der Waals surface area (Å²) in [6.45, 7) is 0. The molecule has 188 valence electrons. The molecule has 0 unspecified atom stereocenters. The van der Waals surface area contributed by atoms with Gasteiger partial charge in [-0.05, 0) is 36.4 Å². The highest BCUT2D eigenvalue weighted by atomic mass is 16.3. The van der Waals surface area contributed by atoms with E-state index < -0.39 is 0 Å². The lowest BCUT2D eigenvalue weighted by atomic mass is 10.1. The summed E-state index contributed by atoms with van der Waals surface area (Å²) in [6.07, 6.45) is 1.75. The van der Waals surface area contributed by atoms with Gasteiger partial charge in [-0.1, -0.05) is 91.0 Å². The molecule has 5 aromatic carbocycles. The van der Waals surface area contributed by atoms with Gasteiger partial charge in [-0.15, -0.1) is 0 Å². The third kappa shape index (κ3) is 3.60. The van der Waals surface area contributed by atoms with E-state index in [1.165, 1.54) is 10.8 Å². The first-order valence-corrected chi connectivity index (χ1v) is 13.2. The Morgan fingerprint density at radius 1 is 0.475 bits per heavy atom. The minimum Gasteiger partial charge on any atom is -0.464 e. The molecule has 0 aliphatic heterocycles. The van der Waals surface area contributed by atoms with E-state index in [1.54, 1.807) is 6.26 Å². The molecule has 0 N–H and O–H groups in total. The Bertz CT molecular complexity index is 2100. The summed E-state index contributed by atoms with van der Waals surface area (Å²) in [6, 6.07) is 43.3. The van der Waals surface area contributed by atoms with Crippen molar-refractivity contribution in [2.75, 3.05) is 0 Å². The van der Waals surface area contributed by atoms with Crippen LogP contribution in [-0.2, 0) is 0 Å². The van der Waals surface area contributed by atoms with E-state index in [1.807, 2.05) is 72.8 Å². The van der Waals surface area contributed by atoms with Gasteiger partial charge in [0.15, 0.2) is 17.5 Å². The molecule has 0 aliphatic rings. The molecule has 0 saturated heterocycles. The predicted octanol–water partition coefficient (Wildman–Crippen LogP) is 8.72. The van der Waals surface area contributed by atoms with E-state index in [0.29, 0.717) is 17.5 Å². The fourth-order valence-electron chi connectivity index (χ4n) is 5.49. The van der Waals surface area contributed by atoms with Crippen molar-refractivity contribution in [1.29, 1.82) is 0 Å². The van der Waals surface area contributed by atoms with Gasteiger partial charge in [0.2, 0.25) is 0 Å². The van der Waals surface area contributed by atoms with E-state index >= 15 is 0 Å². The van der Waals surface area contributed by atoms with Crippen LogP contribution in [0.2, 0.25) is 0 Å². The highest BCUT2D eigenvalue weighted by molar-refractivity contribution is 6.17. The normalized spacial score (nSPS) is 11.5. The molecular formula is C35H22N4O. The van der Waals surface area contributed by atoms with E-state index in [0.717, 1.165) is 44.4 Å². The Kier molecular flexibility index (Phi) is 5.07. The van der Waals surface area contributed by atoms with Crippen molar-refractivity contribution in [3.05, 3.63) is 134 Å². The van der Waals surface area contributed by atoms with Crippen molar-refractivity contribution < 1.29 is 4.42 Å². The lowest BCUT2D eigenvalue weighted by molar-refractivity contribution is 0.616. The number of fused-ring (bicyclic) bond motifs is 5. The Hall–Kier alpha value is -5.55. The first-order valence-electron chi connectivity index (χ1n) is 13.2. The topological polar surface area (TPSA) is 56.7 Å². The minimum absolute atomic E-state index is 0.629. The monoisotopic (exact) mass is 514 g/mol. The molecule has 0 fully saturated rings. The van der Waals surface area contributed by atoms with E-state index in [9.17, 15) is 0 Å². The molecule has 5 nitrogen and oxygen atoms in total. The second-order valence-electron chi connectivity index (χ2n) is 9.74. The average Bonchev–Trinajstić information content (AvgIpc) is 3.65. The van der Waals surface area contributed by atoms with Gasteiger partial charge in [-0.3, -0.25) is 0 Å². The maximum atomic E-state index is 5.78. The zero-order valence-corrected chi connectivity index (χ0v) is 21.4. The second kappa shape index (κ2) is 9.03. The molecule has 0 amide bonds. The van der Waals surface area contributed by atoms with Gasteiger partial charge in [0.05, 0.1) is 17.3 Å². The van der Waals surface area contributed by atoms with Crippen molar-refractivity contribution in [3.8, 4) is 39.9 Å². The molecule has 0 atom stereocenters. The van der Waals surface area contributed by atoms with Crippen LogP contribution >= 0.6 is 0 Å². The molecule has 8 rings (SSSR count). The quantitative estimate of drug-likeness (QED) is 0.236. The van der Waals surface area contributed by atoms with Gasteiger partial charge in [0.1, 0.15) is 5.58 Å². The maximum absolute atomic E-state index is 5.78. The molecule has 0 bridgehead atoms. The summed E-state index contributed by atoms with van der Waals surface area (Å²) in [5, 5.41) is 3.47. The van der Waals surface area contributed by atoms with E-state index in [-0.39, 0.29) is 0 Å². The molecule has 0 aliphatic carbocycles. The molecule has 3 aromatic heterocycles.